The van der Waals surface area contributed by atoms with Crippen molar-refractivity contribution in [3.05, 3.63) is 94.8 Å². The van der Waals surface area contributed by atoms with Crippen LogP contribution in [0.1, 0.15) is 24.0 Å². The van der Waals surface area contributed by atoms with Crippen molar-refractivity contribution in [3.8, 4) is 0 Å². The average molecular weight is 531 g/mol. The Bertz CT molecular complexity index is 1360. The zero-order valence-corrected chi connectivity index (χ0v) is 20.7. The van der Waals surface area contributed by atoms with Gasteiger partial charge >= 0.3 is 0 Å². The summed E-state index contributed by atoms with van der Waals surface area (Å²) < 4.78 is 41.3. The van der Waals surface area contributed by atoms with Crippen molar-refractivity contribution in [1.29, 1.82) is 0 Å². The highest BCUT2D eigenvalue weighted by Crippen LogP contribution is 2.31. The molecule has 0 bridgehead atoms. The molecule has 3 aromatic rings. The van der Waals surface area contributed by atoms with E-state index < -0.39 is 33.1 Å². The molecule has 188 valence electrons. The van der Waals surface area contributed by atoms with Gasteiger partial charge in [-0.15, -0.1) is 0 Å². The second-order valence-electron chi connectivity index (χ2n) is 8.57. The van der Waals surface area contributed by atoms with Crippen LogP contribution in [0.5, 0.6) is 0 Å². The minimum Gasteiger partial charge on any atom is -0.373 e. The van der Waals surface area contributed by atoms with Crippen molar-refractivity contribution in [2.24, 2.45) is 0 Å². The van der Waals surface area contributed by atoms with Gasteiger partial charge in [0.2, 0.25) is 15.6 Å². The van der Waals surface area contributed by atoms with Crippen molar-refractivity contribution >= 4 is 39.0 Å². The number of hydrogen-bond donors (Lipinski definition) is 2. The maximum atomic E-state index is 13.5. The molecular formula is C26H24ClFN2O5S. The van der Waals surface area contributed by atoms with Crippen LogP contribution >= 0.6 is 11.6 Å². The highest BCUT2D eigenvalue weighted by Gasteiger charge is 2.50. The number of hydrogen-bond acceptors (Lipinski definition) is 5. The quantitative estimate of drug-likeness (QED) is 0.411. The van der Waals surface area contributed by atoms with Gasteiger partial charge in [-0.2, -0.15) is 0 Å². The Hall–Kier alpha value is -3.11. The zero-order valence-electron chi connectivity index (χ0n) is 19.2. The van der Waals surface area contributed by atoms with E-state index >= 15 is 0 Å². The van der Waals surface area contributed by atoms with Crippen LogP contribution in [0.2, 0.25) is 5.02 Å². The van der Waals surface area contributed by atoms with Gasteiger partial charge in [-0.1, -0.05) is 41.9 Å². The molecule has 0 aliphatic carbocycles. The number of benzene rings is 3. The molecule has 1 atom stereocenters. The van der Waals surface area contributed by atoms with Crippen molar-refractivity contribution in [1.82, 2.24) is 4.72 Å². The number of rotatable bonds is 9. The first-order valence-corrected chi connectivity index (χ1v) is 13.1. The number of ketones is 1. The summed E-state index contributed by atoms with van der Waals surface area (Å²) in [5.41, 5.74) is -0.538. The van der Waals surface area contributed by atoms with Gasteiger partial charge in [-0.05, 0) is 60.0 Å². The molecule has 10 heteroatoms. The topological polar surface area (TPSA) is 104 Å². The van der Waals surface area contributed by atoms with E-state index in [1.54, 1.807) is 12.1 Å². The van der Waals surface area contributed by atoms with E-state index in [2.05, 4.69) is 4.72 Å². The van der Waals surface area contributed by atoms with Crippen LogP contribution in [0, 0.1) is 5.82 Å². The van der Waals surface area contributed by atoms with E-state index in [4.69, 9.17) is 11.6 Å². The lowest BCUT2D eigenvalue weighted by atomic mass is 9.92. The molecular weight excluding hydrogens is 507 g/mol. The molecule has 0 radical (unpaired) electrons. The van der Waals surface area contributed by atoms with Gasteiger partial charge in [0.05, 0.1) is 4.90 Å². The van der Waals surface area contributed by atoms with Gasteiger partial charge in [0.15, 0.2) is 5.78 Å². The molecule has 0 unspecified atom stereocenters. The monoisotopic (exact) mass is 530 g/mol. The first-order valence-electron chi connectivity index (χ1n) is 11.2. The van der Waals surface area contributed by atoms with Crippen LogP contribution in [0.3, 0.4) is 0 Å². The summed E-state index contributed by atoms with van der Waals surface area (Å²) in [6, 6.07) is 18.6. The van der Waals surface area contributed by atoms with Crippen LogP contribution in [-0.4, -0.2) is 37.4 Å². The number of nitrogens with one attached hydrogen (secondary N) is 1. The Labute approximate surface area is 213 Å². The second-order valence-corrected chi connectivity index (χ2v) is 10.8. The van der Waals surface area contributed by atoms with Gasteiger partial charge < -0.3 is 10.0 Å². The standard InChI is InChI=1S/C26H24ClFN2O5S/c27-20-14-19(15-21(28)16-20)6-11-24(31)26(33)12-13-30(25(26)32)22-7-9-23(10-8-22)36(34,35)29-17-18-4-2-1-3-5-18/h1-5,7-10,14-16,29,33H,6,11-13,17H2/t26-/m0/s1. The number of aryl methyl sites for hydroxylation is 1. The highest BCUT2D eigenvalue weighted by molar-refractivity contribution is 7.89. The van der Waals surface area contributed by atoms with Crippen molar-refractivity contribution in [2.75, 3.05) is 11.4 Å². The van der Waals surface area contributed by atoms with Crippen molar-refractivity contribution in [2.45, 2.75) is 36.3 Å². The molecule has 1 aliphatic rings. The predicted molar refractivity (Wildman–Crippen MR) is 134 cm³/mol. The molecule has 1 aliphatic heterocycles. The lowest BCUT2D eigenvalue weighted by Gasteiger charge is -2.21. The van der Waals surface area contributed by atoms with E-state index in [-0.39, 0.29) is 42.3 Å². The largest absolute Gasteiger partial charge is 0.373 e. The number of carbonyl (C=O) groups excluding carboxylic acids is 2. The number of halogens is 2. The highest BCUT2D eigenvalue weighted by atomic mass is 35.5. The van der Waals surface area contributed by atoms with Crippen LogP contribution in [-0.2, 0) is 32.6 Å². The van der Waals surface area contributed by atoms with Gasteiger partial charge in [-0.3, -0.25) is 9.59 Å². The maximum Gasteiger partial charge on any atom is 0.266 e. The van der Waals surface area contributed by atoms with Crippen molar-refractivity contribution < 1.29 is 27.5 Å². The fourth-order valence-corrected chi connectivity index (χ4v) is 5.36. The third-order valence-corrected chi connectivity index (χ3v) is 7.72. The molecule has 0 spiro atoms. The van der Waals surface area contributed by atoms with Crippen LogP contribution in [0.15, 0.2) is 77.7 Å². The number of aliphatic hydroxyl groups is 1. The minimum absolute atomic E-state index is 0.0221. The number of Topliss-reactive ketones (excluding diaryl/α,β-unsaturated/α-hetero) is 1. The molecule has 1 fully saturated rings. The Morgan fingerprint density at radius 3 is 2.42 bits per heavy atom. The molecule has 4 rings (SSSR count). The molecule has 7 nitrogen and oxygen atoms in total. The van der Waals surface area contributed by atoms with Crippen molar-refractivity contribution in [3.63, 3.8) is 0 Å². The minimum atomic E-state index is -3.78. The summed E-state index contributed by atoms with van der Waals surface area (Å²) in [6.45, 7) is 0.220. The van der Waals surface area contributed by atoms with Gasteiger partial charge in [0.1, 0.15) is 5.82 Å². The Morgan fingerprint density at radius 1 is 1.06 bits per heavy atom. The molecule has 36 heavy (non-hydrogen) atoms. The van der Waals surface area contributed by atoms with Crippen LogP contribution in [0.4, 0.5) is 10.1 Å². The molecule has 0 aromatic heterocycles. The number of nitrogens with zero attached hydrogens (tertiary/aromatic N) is 1. The summed E-state index contributed by atoms with van der Waals surface area (Å²) in [4.78, 5) is 27.0. The fourth-order valence-electron chi connectivity index (χ4n) is 4.09. The van der Waals surface area contributed by atoms with E-state index in [0.29, 0.717) is 11.3 Å². The Kier molecular flexibility index (Phi) is 7.56. The Morgan fingerprint density at radius 2 is 1.75 bits per heavy atom. The van der Waals surface area contributed by atoms with Gasteiger partial charge in [-0.25, -0.2) is 17.5 Å². The smallest absolute Gasteiger partial charge is 0.266 e. The number of sulfonamides is 1. The third-order valence-electron chi connectivity index (χ3n) is 6.09. The number of amides is 1. The van der Waals surface area contributed by atoms with E-state index in [9.17, 15) is 27.5 Å². The summed E-state index contributed by atoms with van der Waals surface area (Å²) in [5.74, 6) is -1.98. The maximum absolute atomic E-state index is 13.5. The first kappa shape index (κ1) is 26.0. The summed E-state index contributed by atoms with van der Waals surface area (Å²) >= 11 is 5.84. The van der Waals surface area contributed by atoms with Gasteiger partial charge in [0, 0.05) is 36.6 Å². The summed E-state index contributed by atoms with van der Waals surface area (Å²) in [6.07, 6.45) is -0.151. The molecule has 1 amide bonds. The van der Waals surface area contributed by atoms with E-state index in [1.165, 1.54) is 41.3 Å². The fraction of sp³-hybridized carbons (Fsp3) is 0.231. The zero-order chi connectivity index (χ0) is 25.9. The van der Waals surface area contributed by atoms with Crippen LogP contribution in [0.25, 0.3) is 0 Å². The summed E-state index contributed by atoms with van der Waals surface area (Å²) in [5, 5.41) is 11.1. The first-order chi connectivity index (χ1) is 17.1. The SMILES string of the molecule is O=C(CCc1cc(F)cc(Cl)c1)[C@@]1(O)CCN(c2ccc(S(=O)(=O)NCc3ccccc3)cc2)C1=O. The lowest BCUT2D eigenvalue weighted by molar-refractivity contribution is -0.147. The molecule has 0 saturated carbocycles. The number of anilines is 1. The molecule has 2 N–H and O–H groups in total. The lowest BCUT2D eigenvalue weighted by Crippen LogP contribution is -2.47. The summed E-state index contributed by atoms with van der Waals surface area (Å²) in [7, 11) is -3.78. The molecule has 1 heterocycles. The predicted octanol–water partition coefficient (Wildman–Crippen LogP) is 3.63. The van der Waals surface area contributed by atoms with E-state index in [1.807, 2.05) is 18.2 Å². The second kappa shape index (κ2) is 10.5. The van der Waals surface area contributed by atoms with Crippen LogP contribution < -0.4 is 9.62 Å². The van der Waals surface area contributed by atoms with Gasteiger partial charge in [0.25, 0.3) is 5.91 Å². The average Bonchev–Trinajstić information content (AvgIpc) is 3.17. The molecule has 3 aromatic carbocycles. The number of carbonyl (C=O) groups is 2. The molecule has 1 saturated heterocycles. The Balaban J connectivity index is 1.40. The normalized spacial score (nSPS) is 18.0. The van der Waals surface area contributed by atoms with E-state index in [0.717, 1.165) is 11.6 Å². The third kappa shape index (κ3) is 5.65.